The highest BCUT2D eigenvalue weighted by molar-refractivity contribution is 6.00. The van der Waals surface area contributed by atoms with E-state index in [-0.39, 0.29) is 29.7 Å². The Balaban J connectivity index is 1.16. The minimum atomic E-state index is -0.274. The molecule has 7 rings (SSSR count). The lowest BCUT2D eigenvalue weighted by atomic mass is 9.53. The van der Waals surface area contributed by atoms with Crippen molar-refractivity contribution in [2.75, 3.05) is 24.7 Å². The Labute approximate surface area is 170 Å². The van der Waals surface area contributed by atoms with Gasteiger partial charge in [0.2, 0.25) is 11.8 Å². The molecule has 2 heterocycles. The second kappa shape index (κ2) is 6.38. The van der Waals surface area contributed by atoms with Gasteiger partial charge in [0.1, 0.15) is 13.2 Å². The van der Waals surface area contributed by atoms with E-state index in [1.54, 1.807) is 4.90 Å². The second-order valence-corrected chi connectivity index (χ2v) is 9.92. The summed E-state index contributed by atoms with van der Waals surface area (Å²) in [5.41, 5.74) is 0.781. The second-order valence-electron chi connectivity index (χ2n) is 9.92. The van der Waals surface area contributed by atoms with Gasteiger partial charge in [0.15, 0.2) is 11.5 Å². The fraction of sp³-hybridized carbons (Fsp3) is 0.652. The van der Waals surface area contributed by atoms with Gasteiger partial charge in [-0.05, 0) is 68.4 Å². The summed E-state index contributed by atoms with van der Waals surface area (Å²) < 4.78 is 11.2. The van der Waals surface area contributed by atoms with E-state index in [0.717, 1.165) is 42.7 Å². The number of ether oxygens (including phenoxy) is 2. The number of carbonyl (C=O) groups excluding carboxylic acids is 2. The summed E-state index contributed by atoms with van der Waals surface area (Å²) in [4.78, 5) is 27.6. The van der Waals surface area contributed by atoms with E-state index in [0.29, 0.717) is 31.3 Å². The molecule has 1 aromatic rings. The number of hydrogen-bond acceptors (Lipinski definition) is 4. The number of amides is 2. The lowest BCUT2D eigenvalue weighted by Gasteiger charge is -2.57. The zero-order chi connectivity index (χ0) is 19.6. The number of rotatable bonds is 3. The molecule has 1 N–H and O–H groups in total. The van der Waals surface area contributed by atoms with Gasteiger partial charge in [-0.1, -0.05) is 0 Å². The summed E-state index contributed by atoms with van der Waals surface area (Å²) in [6.45, 7) is 1.50. The van der Waals surface area contributed by atoms with Crippen LogP contribution in [0.25, 0.3) is 0 Å². The van der Waals surface area contributed by atoms with Crippen LogP contribution in [-0.4, -0.2) is 37.1 Å². The predicted molar refractivity (Wildman–Crippen MR) is 107 cm³/mol. The maximum Gasteiger partial charge on any atom is 0.227 e. The van der Waals surface area contributed by atoms with Crippen LogP contribution >= 0.6 is 0 Å². The van der Waals surface area contributed by atoms with Gasteiger partial charge in [0.05, 0.1) is 5.92 Å². The predicted octanol–water partition coefficient (Wildman–Crippen LogP) is 2.90. The molecule has 29 heavy (non-hydrogen) atoms. The SMILES string of the molecule is O=C(NC12CC3CC(CC(C3)C1)C2)[C@H]1CC(=O)N(c2ccc3c(c2)OCCO3)C1. The van der Waals surface area contributed by atoms with E-state index < -0.39 is 0 Å². The standard InChI is InChI=1S/C23H28N2O4/c26-21-8-17(13-25(21)18-1-2-19-20(9-18)29-4-3-28-19)22(27)24-23-10-14-5-15(11-23)7-16(6-14)12-23/h1-2,9,14-17H,3-8,10-13H2,(H,24,27)/t14?,15?,16?,17-,23?/m0/s1. The van der Waals surface area contributed by atoms with E-state index in [1.165, 1.54) is 19.3 Å². The van der Waals surface area contributed by atoms with Gasteiger partial charge in [-0.2, -0.15) is 0 Å². The van der Waals surface area contributed by atoms with Gasteiger partial charge in [0.25, 0.3) is 0 Å². The topological polar surface area (TPSA) is 67.9 Å². The van der Waals surface area contributed by atoms with Crippen molar-refractivity contribution in [1.82, 2.24) is 5.32 Å². The first kappa shape index (κ1) is 17.6. The highest BCUT2D eigenvalue weighted by atomic mass is 16.6. The van der Waals surface area contributed by atoms with Crippen LogP contribution in [0.15, 0.2) is 18.2 Å². The molecule has 1 saturated heterocycles. The minimum absolute atomic E-state index is 0.000695. The Hall–Kier alpha value is -2.24. The molecule has 1 atom stereocenters. The lowest BCUT2D eigenvalue weighted by Crippen LogP contribution is -2.60. The van der Waals surface area contributed by atoms with Crippen molar-refractivity contribution in [2.24, 2.45) is 23.7 Å². The first-order valence-electron chi connectivity index (χ1n) is 11.1. The van der Waals surface area contributed by atoms with Gasteiger partial charge in [-0.15, -0.1) is 0 Å². The molecule has 6 heteroatoms. The van der Waals surface area contributed by atoms with Crippen LogP contribution in [-0.2, 0) is 9.59 Å². The monoisotopic (exact) mass is 396 g/mol. The molecular weight excluding hydrogens is 368 g/mol. The van der Waals surface area contributed by atoms with E-state index >= 15 is 0 Å². The molecule has 6 nitrogen and oxygen atoms in total. The first-order valence-corrected chi connectivity index (χ1v) is 11.1. The van der Waals surface area contributed by atoms with E-state index in [4.69, 9.17) is 9.47 Å². The fourth-order valence-corrected chi connectivity index (χ4v) is 6.96. The highest BCUT2D eigenvalue weighted by Crippen LogP contribution is 2.55. The number of hydrogen-bond donors (Lipinski definition) is 1. The zero-order valence-electron chi connectivity index (χ0n) is 16.7. The van der Waals surface area contributed by atoms with Gasteiger partial charge in [-0.3, -0.25) is 9.59 Å². The average molecular weight is 396 g/mol. The van der Waals surface area contributed by atoms with Crippen LogP contribution in [0.5, 0.6) is 11.5 Å². The molecule has 4 aliphatic carbocycles. The minimum Gasteiger partial charge on any atom is -0.486 e. The van der Waals surface area contributed by atoms with Crippen molar-refractivity contribution in [3.8, 4) is 11.5 Å². The number of nitrogens with one attached hydrogen (secondary N) is 1. The molecule has 2 aliphatic heterocycles. The van der Waals surface area contributed by atoms with E-state index in [2.05, 4.69) is 5.32 Å². The highest BCUT2D eigenvalue weighted by Gasteiger charge is 2.52. The molecule has 4 bridgehead atoms. The largest absolute Gasteiger partial charge is 0.486 e. The molecule has 4 saturated carbocycles. The third-order valence-corrected chi connectivity index (χ3v) is 7.76. The van der Waals surface area contributed by atoms with E-state index in [1.807, 2.05) is 18.2 Å². The first-order chi connectivity index (χ1) is 14.1. The summed E-state index contributed by atoms with van der Waals surface area (Å²) >= 11 is 0. The number of carbonyl (C=O) groups is 2. The smallest absolute Gasteiger partial charge is 0.227 e. The molecule has 2 amide bonds. The number of benzene rings is 1. The van der Waals surface area contributed by atoms with Crippen LogP contribution in [0.1, 0.15) is 44.9 Å². The molecule has 154 valence electrons. The Morgan fingerprint density at radius 2 is 1.66 bits per heavy atom. The Bertz CT molecular complexity index is 831. The van der Waals surface area contributed by atoms with E-state index in [9.17, 15) is 9.59 Å². The van der Waals surface area contributed by atoms with Crippen molar-refractivity contribution in [3.63, 3.8) is 0 Å². The summed E-state index contributed by atoms with van der Waals surface area (Å²) in [7, 11) is 0. The fourth-order valence-electron chi connectivity index (χ4n) is 6.96. The number of fused-ring (bicyclic) bond motifs is 1. The molecule has 0 spiro atoms. The molecule has 0 aromatic heterocycles. The molecule has 0 unspecified atom stereocenters. The molecule has 1 aromatic carbocycles. The lowest BCUT2D eigenvalue weighted by molar-refractivity contribution is -0.131. The number of nitrogens with zero attached hydrogens (tertiary/aromatic N) is 1. The van der Waals surface area contributed by atoms with Crippen molar-refractivity contribution in [2.45, 2.75) is 50.5 Å². The maximum absolute atomic E-state index is 13.2. The van der Waals surface area contributed by atoms with Gasteiger partial charge < -0.3 is 19.7 Å². The van der Waals surface area contributed by atoms with Crippen LogP contribution in [0.2, 0.25) is 0 Å². The van der Waals surface area contributed by atoms with Crippen LogP contribution in [0.4, 0.5) is 5.69 Å². The van der Waals surface area contributed by atoms with Crippen molar-refractivity contribution >= 4 is 17.5 Å². The quantitative estimate of drug-likeness (QED) is 0.853. The Kier molecular flexibility index (Phi) is 3.87. The third-order valence-electron chi connectivity index (χ3n) is 7.76. The third kappa shape index (κ3) is 2.99. The molecule has 0 radical (unpaired) electrons. The zero-order valence-corrected chi connectivity index (χ0v) is 16.7. The van der Waals surface area contributed by atoms with Crippen molar-refractivity contribution in [3.05, 3.63) is 18.2 Å². The molecule has 5 fully saturated rings. The molecular formula is C23H28N2O4. The summed E-state index contributed by atoms with van der Waals surface area (Å²) in [5.74, 6) is 3.56. The average Bonchev–Trinajstić information content (AvgIpc) is 3.08. The summed E-state index contributed by atoms with van der Waals surface area (Å²) in [6.07, 6.45) is 7.76. The van der Waals surface area contributed by atoms with Crippen LogP contribution in [0, 0.1) is 23.7 Å². The van der Waals surface area contributed by atoms with Crippen LogP contribution in [0.3, 0.4) is 0 Å². The number of anilines is 1. The van der Waals surface area contributed by atoms with Crippen molar-refractivity contribution in [1.29, 1.82) is 0 Å². The van der Waals surface area contributed by atoms with Gasteiger partial charge >= 0.3 is 0 Å². The van der Waals surface area contributed by atoms with Crippen molar-refractivity contribution < 1.29 is 19.1 Å². The summed E-state index contributed by atoms with van der Waals surface area (Å²) in [5, 5.41) is 3.45. The normalized spacial score (nSPS) is 37.1. The molecule has 6 aliphatic rings. The summed E-state index contributed by atoms with van der Waals surface area (Å²) in [6, 6.07) is 5.58. The van der Waals surface area contributed by atoms with Crippen LogP contribution < -0.4 is 19.7 Å². The van der Waals surface area contributed by atoms with Gasteiger partial charge in [0, 0.05) is 30.3 Å². The van der Waals surface area contributed by atoms with Gasteiger partial charge in [-0.25, -0.2) is 0 Å². The Morgan fingerprint density at radius 1 is 1.00 bits per heavy atom. The Morgan fingerprint density at radius 3 is 2.34 bits per heavy atom. The maximum atomic E-state index is 13.2.